The zero-order valence-electron chi connectivity index (χ0n) is 9.38. The maximum Gasteiger partial charge on any atom is 0.160 e. The highest BCUT2D eigenvalue weighted by atomic mass is 16.3. The maximum absolute atomic E-state index is 9.88. The quantitative estimate of drug-likeness (QED) is 0.785. The number of rotatable bonds is 5. The average Bonchev–Trinajstić information content (AvgIpc) is 2.52. The summed E-state index contributed by atoms with van der Waals surface area (Å²) in [7, 11) is 0. The molecule has 0 spiro atoms. The van der Waals surface area contributed by atoms with Crippen LogP contribution >= 0.6 is 0 Å². The molecule has 0 amide bonds. The van der Waals surface area contributed by atoms with Gasteiger partial charge in [0.15, 0.2) is 5.75 Å². The Bertz CT molecular complexity index is 292. The second-order valence-corrected chi connectivity index (χ2v) is 3.51. The lowest BCUT2D eigenvalue weighted by Crippen LogP contribution is -2.02. The van der Waals surface area contributed by atoms with Gasteiger partial charge in [-0.2, -0.15) is 5.10 Å². The molecule has 0 aliphatic heterocycles. The largest absolute Gasteiger partial charge is 0.504 e. The van der Waals surface area contributed by atoms with Gasteiger partial charge in [-0.05, 0) is 26.2 Å². The van der Waals surface area contributed by atoms with Crippen LogP contribution in [0.3, 0.4) is 0 Å². The first-order valence-corrected chi connectivity index (χ1v) is 5.52. The second kappa shape index (κ2) is 5.03. The van der Waals surface area contributed by atoms with Gasteiger partial charge in [0.25, 0.3) is 0 Å². The van der Waals surface area contributed by atoms with Crippen molar-refractivity contribution in [2.75, 3.05) is 0 Å². The molecule has 14 heavy (non-hydrogen) atoms. The van der Waals surface area contributed by atoms with Gasteiger partial charge in [-0.1, -0.05) is 20.3 Å². The minimum absolute atomic E-state index is 0.419. The number of aromatic nitrogens is 2. The summed E-state index contributed by atoms with van der Waals surface area (Å²) in [5, 5.41) is 14.3. The summed E-state index contributed by atoms with van der Waals surface area (Å²) in [6.45, 7) is 7.07. The summed E-state index contributed by atoms with van der Waals surface area (Å²) in [5.41, 5.74) is 1.84. The molecule has 1 N–H and O–H groups in total. The molecule has 80 valence electrons. The van der Waals surface area contributed by atoms with E-state index in [-0.39, 0.29) is 0 Å². The first-order valence-electron chi connectivity index (χ1n) is 5.52. The molecule has 1 aromatic heterocycles. The lowest BCUT2D eigenvalue weighted by Gasteiger charge is -2.03. The first kappa shape index (κ1) is 11.1. The van der Waals surface area contributed by atoms with Gasteiger partial charge in [0.2, 0.25) is 0 Å². The van der Waals surface area contributed by atoms with E-state index in [1.807, 2.05) is 11.6 Å². The van der Waals surface area contributed by atoms with Gasteiger partial charge in [-0.3, -0.25) is 4.68 Å². The van der Waals surface area contributed by atoms with Crippen molar-refractivity contribution in [3.8, 4) is 5.75 Å². The number of nitrogens with zero attached hydrogens (tertiary/aromatic N) is 2. The normalized spacial score (nSPS) is 10.8. The van der Waals surface area contributed by atoms with Crippen molar-refractivity contribution in [2.24, 2.45) is 0 Å². The van der Waals surface area contributed by atoms with E-state index in [2.05, 4.69) is 18.9 Å². The van der Waals surface area contributed by atoms with Crippen LogP contribution in [-0.4, -0.2) is 14.9 Å². The van der Waals surface area contributed by atoms with Gasteiger partial charge in [0.1, 0.15) is 5.69 Å². The molecule has 0 aromatic carbocycles. The van der Waals surface area contributed by atoms with Gasteiger partial charge in [-0.15, -0.1) is 0 Å². The van der Waals surface area contributed by atoms with E-state index >= 15 is 0 Å². The summed E-state index contributed by atoms with van der Waals surface area (Å²) in [6, 6.07) is 0. The van der Waals surface area contributed by atoms with E-state index in [4.69, 9.17) is 0 Å². The fraction of sp³-hybridized carbons (Fsp3) is 0.727. The highest BCUT2D eigenvalue weighted by Gasteiger charge is 2.13. The molecule has 0 aliphatic carbocycles. The number of hydrogen-bond acceptors (Lipinski definition) is 2. The molecule has 0 unspecified atom stereocenters. The Morgan fingerprint density at radius 2 is 2.00 bits per heavy atom. The fourth-order valence-electron chi connectivity index (χ4n) is 1.63. The van der Waals surface area contributed by atoms with Crippen molar-refractivity contribution in [3.63, 3.8) is 0 Å². The van der Waals surface area contributed by atoms with Crippen LogP contribution in [0.2, 0.25) is 0 Å². The standard InChI is InChI=1S/C11H20N2O/c1-4-7-8-10-11(14)9(5-2)12-13(10)6-3/h14H,4-8H2,1-3H3. The second-order valence-electron chi connectivity index (χ2n) is 3.51. The van der Waals surface area contributed by atoms with Crippen LogP contribution in [0.5, 0.6) is 5.75 Å². The molecular weight excluding hydrogens is 176 g/mol. The monoisotopic (exact) mass is 196 g/mol. The molecular formula is C11H20N2O. The Hall–Kier alpha value is -0.990. The minimum atomic E-state index is 0.419. The van der Waals surface area contributed by atoms with Gasteiger partial charge in [0, 0.05) is 6.54 Å². The van der Waals surface area contributed by atoms with E-state index in [1.165, 1.54) is 0 Å². The minimum Gasteiger partial charge on any atom is -0.504 e. The lowest BCUT2D eigenvalue weighted by molar-refractivity contribution is 0.457. The molecule has 0 saturated heterocycles. The lowest BCUT2D eigenvalue weighted by atomic mass is 10.1. The Kier molecular flexibility index (Phi) is 3.98. The Morgan fingerprint density at radius 3 is 2.50 bits per heavy atom. The molecule has 0 saturated carbocycles. The highest BCUT2D eigenvalue weighted by molar-refractivity contribution is 5.32. The molecule has 0 bridgehead atoms. The van der Waals surface area contributed by atoms with Crippen molar-refractivity contribution >= 4 is 0 Å². The van der Waals surface area contributed by atoms with Crippen LogP contribution < -0.4 is 0 Å². The van der Waals surface area contributed by atoms with E-state index in [9.17, 15) is 5.11 Å². The molecule has 0 aliphatic rings. The van der Waals surface area contributed by atoms with E-state index in [0.717, 1.165) is 43.6 Å². The third kappa shape index (κ3) is 2.08. The predicted octanol–water partition coefficient (Wildman–Crippen LogP) is 2.51. The zero-order valence-corrected chi connectivity index (χ0v) is 9.38. The summed E-state index contributed by atoms with van der Waals surface area (Å²) in [5.74, 6) is 0.419. The molecule has 0 radical (unpaired) electrons. The van der Waals surface area contributed by atoms with Gasteiger partial charge >= 0.3 is 0 Å². The predicted molar refractivity (Wildman–Crippen MR) is 57.6 cm³/mol. The smallest absolute Gasteiger partial charge is 0.160 e. The van der Waals surface area contributed by atoms with Crippen molar-refractivity contribution in [2.45, 2.75) is 53.0 Å². The van der Waals surface area contributed by atoms with Crippen LogP contribution in [0.25, 0.3) is 0 Å². The number of unbranched alkanes of at least 4 members (excludes halogenated alkanes) is 1. The van der Waals surface area contributed by atoms with Gasteiger partial charge in [0.05, 0.1) is 5.69 Å². The third-order valence-corrected chi connectivity index (χ3v) is 2.50. The van der Waals surface area contributed by atoms with E-state index in [0.29, 0.717) is 5.75 Å². The third-order valence-electron chi connectivity index (χ3n) is 2.50. The number of aromatic hydroxyl groups is 1. The van der Waals surface area contributed by atoms with E-state index < -0.39 is 0 Å². The van der Waals surface area contributed by atoms with Gasteiger partial charge < -0.3 is 5.11 Å². The molecule has 0 fully saturated rings. The van der Waals surface area contributed by atoms with Gasteiger partial charge in [-0.25, -0.2) is 0 Å². The summed E-state index contributed by atoms with van der Waals surface area (Å²) in [6.07, 6.45) is 4.00. The first-order chi connectivity index (χ1) is 6.74. The van der Waals surface area contributed by atoms with Crippen LogP contribution in [0, 0.1) is 0 Å². The summed E-state index contributed by atoms with van der Waals surface area (Å²) in [4.78, 5) is 0. The molecule has 1 rings (SSSR count). The Balaban J connectivity index is 2.92. The van der Waals surface area contributed by atoms with E-state index in [1.54, 1.807) is 0 Å². The molecule has 3 nitrogen and oxygen atoms in total. The summed E-state index contributed by atoms with van der Waals surface area (Å²) >= 11 is 0. The van der Waals surface area contributed by atoms with Crippen molar-refractivity contribution in [1.29, 1.82) is 0 Å². The SMILES string of the molecule is CCCCc1c(O)c(CC)nn1CC. The van der Waals surface area contributed by atoms with Crippen LogP contribution in [0.1, 0.15) is 45.0 Å². The zero-order chi connectivity index (χ0) is 10.6. The number of aryl methyl sites for hydroxylation is 2. The van der Waals surface area contributed by atoms with Crippen molar-refractivity contribution in [1.82, 2.24) is 9.78 Å². The van der Waals surface area contributed by atoms with Crippen molar-refractivity contribution < 1.29 is 5.11 Å². The highest BCUT2D eigenvalue weighted by Crippen LogP contribution is 2.24. The topological polar surface area (TPSA) is 38.1 Å². The van der Waals surface area contributed by atoms with Crippen LogP contribution in [-0.2, 0) is 19.4 Å². The van der Waals surface area contributed by atoms with Crippen molar-refractivity contribution in [3.05, 3.63) is 11.4 Å². The average molecular weight is 196 g/mol. The van der Waals surface area contributed by atoms with Crippen LogP contribution in [0.15, 0.2) is 0 Å². The molecule has 1 heterocycles. The van der Waals surface area contributed by atoms with Crippen LogP contribution in [0.4, 0.5) is 0 Å². The fourth-order valence-corrected chi connectivity index (χ4v) is 1.63. The molecule has 0 atom stereocenters. The Labute approximate surface area is 85.8 Å². The number of hydrogen-bond donors (Lipinski definition) is 1. The molecule has 1 aromatic rings. The maximum atomic E-state index is 9.88. The Morgan fingerprint density at radius 1 is 1.29 bits per heavy atom. The summed E-state index contributed by atoms with van der Waals surface area (Å²) < 4.78 is 1.92. The molecule has 3 heteroatoms.